The third-order valence-corrected chi connectivity index (χ3v) is 4.64. The lowest BCUT2D eigenvalue weighted by Gasteiger charge is -2.57. The van der Waals surface area contributed by atoms with Crippen molar-refractivity contribution in [1.82, 2.24) is 0 Å². The molecule has 2 unspecified atom stereocenters. The summed E-state index contributed by atoms with van der Waals surface area (Å²) >= 11 is 0. The quantitative estimate of drug-likeness (QED) is 0.611. The summed E-state index contributed by atoms with van der Waals surface area (Å²) in [5, 5.41) is 0. The van der Waals surface area contributed by atoms with Gasteiger partial charge in [0, 0.05) is 6.61 Å². The van der Waals surface area contributed by atoms with Crippen LogP contribution in [0.1, 0.15) is 39.0 Å². The molecule has 4 atom stereocenters. The first kappa shape index (κ1) is 8.96. The van der Waals surface area contributed by atoms with E-state index in [0.29, 0.717) is 0 Å². The average Bonchev–Trinajstić information content (AvgIpc) is 2.13. The number of hydrogen-bond donors (Lipinski definition) is 0. The molecule has 4 saturated carbocycles. The van der Waals surface area contributed by atoms with Crippen LogP contribution < -0.4 is 0 Å². The van der Waals surface area contributed by atoms with Gasteiger partial charge in [-0.2, -0.15) is 0 Å². The van der Waals surface area contributed by atoms with Gasteiger partial charge in [-0.05, 0) is 62.4 Å². The molecule has 0 aromatic rings. The number of hydrogen-bond acceptors (Lipinski definition) is 1. The molecule has 1 nitrogen and oxygen atoms in total. The first-order valence-corrected chi connectivity index (χ1v) is 6.07. The molecule has 0 heterocycles. The van der Waals surface area contributed by atoms with Crippen molar-refractivity contribution >= 4 is 0 Å². The van der Waals surface area contributed by atoms with Crippen LogP contribution in [-0.2, 0) is 4.74 Å². The van der Waals surface area contributed by atoms with Gasteiger partial charge in [0.1, 0.15) is 0 Å². The third kappa shape index (κ3) is 1.05. The molecule has 78 valence electrons. The van der Waals surface area contributed by atoms with Gasteiger partial charge in [0.2, 0.25) is 0 Å². The molecule has 4 bridgehead atoms. The van der Waals surface area contributed by atoms with E-state index in [0.717, 1.165) is 24.4 Å². The van der Waals surface area contributed by atoms with E-state index in [1.807, 2.05) is 0 Å². The molecule has 0 N–H and O–H groups in total. The summed E-state index contributed by atoms with van der Waals surface area (Å²) in [6, 6.07) is 0. The van der Waals surface area contributed by atoms with Gasteiger partial charge in [-0.25, -0.2) is 0 Å². The Morgan fingerprint density at radius 3 is 2.50 bits per heavy atom. The predicted molar refractivity (Wildman–Crippen MR) is 57.1 cm³/mol. The Kier molecular flexibility index (Phi) is 1.82. The standard InChI is InChI=1S/C13H20O/c1-3-14-13-7-10-4-11(8-13)6-12(5-10)9(13)2/h10-12H,2-8H2,1H3/t10-,11+,12?,13?. The molecule has 14 heavy (non-hydrogen) atoms. The molecule has 1 heteroatoms. The highest BCUT2D eigenvalue weighted by atomic mass is 16.5. The summed E-state index contributed by atoms with van der Waals surface area (Å²) in [7, 11) is 0. The van der Waals surface area contributed by atoms with E-state index in [1.54, 1.807) is 0 Å². The second-order valence-corrected chi connectivity index (χ2v) is 5.50. The predicted octanol–water partition coefficient (Wildman–Crippen LogP) is 3.16. The van der Waals surface area contributed by atoms with E-state index in [-0.39, 0.29) is 5.60 Å². The monoisotopic (exact) mass is 192 g/mol. The van der Waals surface area contributed by atoms with Crippen molar-refractivity contribution in [1.29, 1.82) is 0 Å². The van der Waals surface area contributed by atoms with Crippen LogP contribution in [-0.4, -0.2) is 12.2 Å². The minimum atomic E-state index is 0.115. The van der Waals surface area contributed by atoms with Crippen LogP contribution in [0.25, 0.3) is 0 Å². The summed E-state index contributed by atoms with van der Waals surface area (Å²) in [5.41, 5.74) is 1.55. The van der Waals surface area contributed by atoms with Gasteiger partial charge in [-0.15, -0.1) is 0 Å². The fraction of sp³-hybridized carbons (Fsp3) is 0.846. The lowest BCUT2D eigenvalue weighted by molar-refractivity contribution is -0.116. The Hall–Kier alpha value is -0.300. The van der Waals surface area contributed by atoms with Gasteiger partial charge in [-0.1, -0.05) is 6.58 Å². The topological polar surface area (TPSA) is 9.23 Å². The molecular formula is C13H20O. The van der Waals surface area contributed by atoms with Gasteiger partial charge < -0.3 is 4.74 Å². The van der Waals surface area contributed by atoms with Crippen LogP contribution in [0, 0.1) is 17.8 Å². The van der Waals surface area contributed by atoms with Crippen molar-refractivity contribution in [2.45, 2.75) is 44.6 Å². The van der Waals surface area contributed by atoms with Gasteiger partial charge in [-0.3, -0.25) is 0 Å². The average molecular weight is 192 g/mol. The van der Waals surface area contributed by atoms with E-state index >= 15 is 0 Å². The Bertz CT molecular complexity index is 254. The maximum atomic E-state index is 6.05. The maximum Gasteiger partial charge on any atom is 0.0896 e. The fourth-order valence-corrected chi connectivity index (χ4v) is 4.32. The van der Waals surface area contributed by atoms with Crippen LogP contribution in [0.15, 0.2) is 12.2 Å². The van der Waals surface area contributed by atoms with Crippen molar-refractivity contribution in [2.24, 2.45) is 17.8 Å². The Morgan fingerprint density at radius 2 is 1.93 bits per heavy atom. The number of rotatable bonds is 2. The normalized spacial score (nSPS) is 50.1. The number of ether oxygens (including phenoxy) is 1. The van der Waals surface area contributed by atoms with Gasteiger partial charge in [0.15, 0.2) is 0 Å². The summed E-state index contributed by atoms with van der Waals surface area (Å²) in [4.78, 5) is 0. The highest BCUT2D eigenvalue weighted by Gasteiger charge is 2.53. The van der Waals surface area contributed by atoms with Crippen molar-refractivity contribution in [3.63, 3.8) is 0 Å². The molecule has 4 aliphatic carbocycles. The Balaban J connectivity index is 1.93. The van der Waals surface area contributed by atoms with Crippen molar-refractivity contribution in [3.05, 3.63) is 12.2 Å². The second-order valence-electron chi connectivity index (χ2n) is 5.50. The lowest BCUT2D eigenvalue weighted by atomic mass is 9.52. The molecule has 0 aromatic carbocycles. The van der Waals surface area contributed by atoms with Gasteiger partial charge in [0.05, 0.1) is 5.60 Å². The van der Waals surface area contributed by atoms with Crippen LogP contribution in [0.2, 0.25) is 0 Å². The molecule has 4 fully saturated rings. The van der Waals surface area contributed by atoms with Gasteiger partial charge in [0.25, 0.3) is 0 Å². The van der Waals surface area contributed by atoms with E-state index in [4.69, 9.17) is 4.74 Å². The maximum absolute atomic E-state index is 6.05. The molecule has 4 rings (SSSR count). The molecule has 0 saturated heterocycles. The van der Waals surface area contributed by atoms with Crippen molar-refractivity contribution in [3.8, 4) is 0 Å². The molecular weight excluding hydrogens is 172 g/mol. The minimum Gasteiger partial charge on any atom is -0.371 e. The fourth-order valence-electron chi connectivity index (χ4n) is 4.32. The van der Waals surface area contributed by atoms with Crippen LogP contribution in [0.4, 0.5) is 0 Å². The summed E-state index contributed by atoms with van der Waals surface area (Å²) in [6.07, 6.45) is 6.83. The second kappa shape index (κ2) is 2.85. The van der Waals surface area contributed by atoms with E-state index < -0.39 is 0 Å². The summed E-state index contributed by atoms with van der Waals surface area (Å²) in [5.74, 6) is 2.70. The highest BCUT2D eigenvalue weighted by molar-refractivity contribution is 5.26. The van der Waals surface area contributed by atoms with E-state index in [1.165, 1.54) is 37.7 Å². The SMILES string of the molecule is C=C1C2C[C@@H]3C[C@H](C2)CC1(OCC)C3. The zero-order valence-electron chi connectivity index (χ0n) is 9.09. The zero-order chi connectivity index (χ0) is 9.76. The van der Waals surface area contributed by atoms with Gasteiger partial charge >= 0.3 is 0 Å². The van der Waals surface area contributed by atoms with E-state index in [2.05, 4.69) is 13.5 Å². The molecule has 0 spiro atoms. The third-order valence-electron chi connectivity index (χ3n) is 4.64. The molecule has 4 aliphatic rings. The zero-order valence-corrected chi connectivity index (χ0v) is 9.09. The highest BCUT2D eigenvalue weighted by Crippen LogP contribution is 2.59. The molecule has 0 radical (unpaired) electrons. The van der Waals surface area contributed by atoms with E-state index in [9.17, 15) is 0 Å². The summed E-state index contributed by atoms with van der Waals surface area (Å²) in [6.45, 7) is 7.29. The van der Waals surface area contributed by atoms with Crippen molar-refractivity contribution < 1.29 is 4.74 Å². The smallest absolute Gasteiger partial charge is 0.0896 e. The first-order valence-electron chi connectivity index (χ1n) is 6.07. The van der Waals surface area contributed by atoms with Crippen LogP contribution >= 0.6 is 0 Å². The Morgan fingerprint density at radius 1 is 1.29 bits per heavy atom. The first-order chi connectivity index (χ1) is 6.73. The lowest BCUT2D eigenvalue weighted by Crippen LogP contribution is -2.53. The molecule has 0 aliphatic heterocycles. The summed E-state index contributed by atoms with van der Waals surface area (Å²) < 4.78 is 6.05. The minimum absolute atomic E-state index is 0.115. The van der Waals surface area contributed by atoms with Crippen LogP contribution in [0.3, 0.4) is 0 Å². The van der Waals surface area contributed by atoms with Crippen molar-refractivity contribution in [2.75, 3.05) is 6.61 Å². The Labute approximate surface area is 86.5 Å². The molecule has 0 aromatic heterocycles. The largest absolute Gasteiger partial charge is 0.371 e. The van der Waals surface area contributed by atoms with Crippen LogP contribution in [0.5, 0.6) is 0 Å². The molecule has 0 amide bonds.